The summed E-state index contributed by atoms with van der Waals surface area (Å²) in [6.45, 7) is 2.50. The number of fused-ring (bicyclic) bond motifs is 1. The quantitative estimate of drug-likeness (QED) is 0.348. The van der Waals surface area contributed by atoms with E-state index in [1.54, 1.807) is 20.3 Å². The molecule has 2 aromatic heterocycles. The molecule has 11 nitrogen and oxygen atoms in total. The lowest BCUT2D eigenvalue weighted by Crippen LogP contribution is -2.10. The van der Waals surface area contributed by atoms with E-state index in [1.165, 1.54) is 0 Å². The summed E-state index contributed by atoms with van der Waals surface area (Å²) in [7, 11) is 3.10. The normalized spacial score (nSPS) is 11.0. The number of H-pyrrole nitrogens is 2. The second-order valence-corrected chi connectivity index (χ2v) is 6.86. The molecule has 0 saturated carbocycles. The van der Waals surface area contributed by atoms with E-state index in [-0.39, 0.29) is 19.1 Å². The van der Waals surface area contributed by atoms with Crippen molar-refractivity contribution in [3.05, 3.63) is 46.8 Å². The maximum absolute atomic E-state index is 12.3. The molecule has 0 unspecified atom stereocenters. The summed E-state index contributed by atoms with van der Waals surface area (Å²) in [5, 5.41) is 10.0. The van der Waals surface area contributed by atoms with Crippen molar-refractivity contribution in [2.45, 2.75) is 6.92 Å². The Bertz CT molecular complexity index is 1280. The maximum Gasteiger partial charge on any atom is 0.281 e. The van der Waals surface area contributed by atoms with Gasteiger partial charge in [-0.1, -0.05) is 11.3 Å². The monoisotopic (exact) mass is 453 g/mol. The van der Waals surface area contributed by atoms with Crippen LogP contribution in [0.5, 0.6) is 17.2 Å². The first-order valence-electron chi connectivity index (χ1n) is 10.1. The van der Waals surface area contributed by atoms with Crippen molar-refractivity contribution in [3.8, 4) is 39.8 Å². The Hall–Kier alpha value is -3.96. The molecule has 0 saturated heterocycles. The first-order valence-corrected chi connectivity index (χ1v) is 10.1. The summed E-state index contributed by atoms with van der Waals surface area (Å²) in [6, 6.07) is 11.1. The zero-order valence-electron chi connectivity index (χ0n) is 18.4. The van der Waals surface area contributed by atoms with Crippen molar-refractivity contribution < 1.29 is 23.7 Å². The number of aromatic amines is 2. The van der Waals surface area contributed by atoms with E-state index in [9.17, 15) is 4.79 Å². The first-order chi connectivity index (χ1) is 16.1. The van der Waals surface area contributed by atoms with Gasteiger partial charge in [0, 0.05) is 20.3 Å². The van der Waals surface area contributed by atoms with Gasteiger partial charge < -0.3 is 28.7 Å². The van der Waals surface area contributed by atoms with E-state index < -0.39 is 5.56 Å². The van der Waals surface area contributed by atoms with Gasteiger partial charge in [-0.15, -0.1) is 5.10 Å². The Labute approximate surface area is 188 Å². The molecule has 0 bridgehead atoms. The zero-order chi connectivity index (χ0) is 23.2. The van der Waals surface area contributed by atoms with Crippen LogP contribution in [0.4, 0.5) is 0 Å². The van der Waals surface area contributed by atoms with Crippen LogP contribution in [0.25, 0.3) is 33.7 Å². The lowest BCUT2D eigenvalue weighted by Gasteiger charge is -2.14. The molecule has 33 heavy (non-hydrogen) atoms. The molecule has 0 spiro atoms. The van der Waals surface area contributed by atoms with Crippen LogP contribution in [0, 0.1) is 0 Å². The third-order valence-electron chi connectivity index (χ3n) is 4.64. The summed E-state index contributed by atoms with van der Waals surface area (Å²) in [6.07, 6.45) is 0. The zero-order valence-corrected chi connectivity index (χ0v) is 18.4. The number of nitrogens with one attached hydrogen (secondary N) is 2. The van der Waals surface area contributed by atoms with E-state index in [2.05, 4.69) is 25.4 Å². The maximum atomic E-state index is 12.3. The van der Waals surface area contributed by atoms with Crippen molar-refractivity contribution in [2.24, 2.45) is 0 Å². The molecule has 2 heterocycles. The fourth-order valence-corrected chi connectivity index (χ4v) is 3.22. The van der Waals surface area contributed by atoms with E-state index in [0.717, 1.165) is 11.1 Å². The highest BCUT2D eigenvalue weighted by Crippen LogP contribution is 2.36. The SMILES string of the molecule is CCOc1cc(-c2cc(OCOC)cc(OCOC)c2)ccc1-c1nc2[nH]nnc2c(=O)[nH]1. The number of hydrogen-bond donors (Lipinski definition) is 2. The highest BCUT2D eigenvalue weighted by molar-refractivity contribution is 5.77. The van der Waals surface area contributed by atoms with Gasteiger partial charge in [0.15, 0.2) is 24.7 Å². The van der Waals surface area contributed by atoms with Gasteiger partial charge in [0.25, 0.3) is 5.56 Å². The number of ether oxygens (including phenoxy) is 5. The molecule has 0 aliphatic carbocycles. The predicted molar refractivity (Wildman–Crippen MR) is 119 cm³/mol. The molecule has 0 amide bonds. The third-order valence-corrected chi connectivity index (χ3v) is 4.64. The Morgan fingerprint density at radius 1 is 0.909 bits per heavy atom. The van der Waals surface area contributed by atoms with Crippen LogP contribution in [-0.2, 0) is 9.47 Å². The molecule has 11 heteroatoms. The van der Waals surface area contributed by atoms with E-state index in [0.29, 0.717) is 40.9 Å². The molecule has 4 rings (SSSR count). The molecule has 2 aromatic carbocycles. The number of benzene rings is 2. The summed E-state index contributed by atoms with van der Waals surface area (Å²) in [5.74, 6) is 2.04. The molecule has 0 radical (unpaired) electrons. The lowest BCUT2D eigenvalue weighted by atomic mass is 10.0. The highest BCUT2D eigenvalue weighted by Gasteiger charge is 2.15. The van der Waals surface area contributed by atoms with Crippen LogP contribution >= 0.6 is 0 Å². The second-order valence-electron chi connectivity index (χ2n) is 6.86. The number of hydrogen-bond acceptors (Lipinski definition) is 9. The van der Waals surface area contributed by atoms with Crippen LogP contribution in [-0.4, -0.2) is 59.8 Å². The van der Waals surface area contributed by atoms with Gasteiger partial charge in [0.1, 0.15) is 23.1 Å². The van der Waals surface area contributed by atoms with Gasteiger partial charge >= 0.3 is 0 Å². The Balaban J connectivity index is 1.77. The largest absolute Gasteiger partial charge is 0.493 e. The molecular weight excluding hydrogens is 430 g/mol. The van der Waals surface area contributed by atoms with Crippen LogP contribution in [0.1, 0.15) is 6.92 Å². The van der Waals surface area contributed by atoms with E-state index >= 15 is 0 Å². The number of rotatable bonds is 10. The minimum absolute atomic E-state index is 0.0975. The van der Waals surface area contributed by atoms with Gasteiger partial charge in [0.05, 0.1) is 12.2 Å². The molecule has 0 aliphatic rings. The van der Waals surface area contributed by atoms with Gasteiger partial charge in [-0.05, 0) is 42.3 Å². The first kappa shape index (κ1) is 22.2. The minimum Gasteiger partial charge on any atom is -0.493 e. The van der Waals surface area contributed by atoms with Gasteiger partial charge in [0.2, 0.25) is 0 Å². The van der Waals surface area contributed by atoms with Crippen molar-refractivity contribution in [1.29, 1.82) is 0 Å². The number of nitrogens with zero attached hydrogens (tertiary/aromatic N) is 3. The van der Waals surface area contributed by atoms with Crippen LogP contribution in [0.2, 0.25) is 0 Å². The van der Waals surface area contributed by atoms with Gasteiger partial charge in [-0.3, -0.25) is 4.79 Å². The average Bonchev–Trinajstić information content (AvgIpc) is 3.31. The third kappa shape index (κ3) is 4.94. The van der Waals surface area contributed by atoms with Crippen molar-refractivity contribution in [1.82, 2.24) is 25.4 Å². The fraction of sp³-hybridized carbons (Fsp3) is 0.273. The number of aromatic nitrogens is 5. The number of methoxy groups -OCH3 is 2. The van der Waals surface area contributed by atoms with E-state index in [4.69, 9.17) is 23.7 Å². The van der Waals surface area contributed by atoms with E-state index in [1.807, 2.05) is 37.3 Å². The molecule has 0 fully saturated rings. The van der Waals surface area contributed by atoms with Crippen molar-refractivity contribution >= 4 is 11.2 Å². The molecule has 2 N–H and O–H groups in total. The minimum atomic E-state index is -0.391. The lowest BCUT2D eigenvalue weighted by molar-refractivity contribution is 0.0461. The Morgan fingerprint density at radius 2 is 1.64 bits per heavy atom. The smallest absolute Gasteiger partial charge is 0.281 e. The molecule has 0 atom stereocenters. The molecule has 172 valence electrons. The Morgan fingerprint density at radius 3 is 2.30 bits per heavy atom. The standard InChI is InChI=1S/C22H23N5O6/c1-4-31-18-9-13(14-7-15(32-11-29-2)10-16(8-14)33-12-30-3)5-6-17(18)20-23-21-19(22(28)24-20)25-27-26-21/h5-10H,4,11-12H2,1-3H3,(H2,23,24,25,26,27,28). The van der Waals surface area contributed by atoms with Crippen LogP contribution in [0.3, 0.4) is 0 Å². The fourth-order valence-electron chi connectivity index (χ4n) is 3.22. The summed E-state index contributed by atoms with van der Waals surface area (Å²) < 4.78 is 27.1. The molecule has 0 aliphatic heterocycles. The predicted octanol–water partition coefficient (Wildman–Crippen LogP) is 2.74. The Kier molecular flexibility index (Phi) is 6.81. The highest BCUT2D eigenvalue weighted by atomic mass is 16.7. The molecule has 4 aromatic rings. The topological polar surface area (TPSA) is 133 Å². The van der Waals surface area contributed by atoms with Gasteiger partial charge in [-0.2, -0.15) is 0 Å². The second kappa shape index (κ2) is 10.1. The van der Waals surface area contributed by atoms with Crippen molar-refractivity contribution in [3.63, 3.8) is 0 Å². The van der Waals surface area contributed by atoms with Crippen LogP contribution in [0.15, 0.2) is 41.2 Å². The van der Waals surface area contributed by atoms with Crippen molar-refractivity contribution in [2.75, 3.05) is 34.4 Å². The molecular formula is C22H23N5O6. The van der Waals surface area contributed by atoms with Gasteiger partial charge in [-0.25, -0.2) is 10.1 Å². The summed E-state index contributed by atoms with van der Waals surface area (Å²) in [5.41, 5.74) is 2.35. The summed E-state index contributed by atoms with van der Waals surface area (Å²) in [4.78, 5) is 19.5. The average molecular weight is 453 g/mol. The van der Waals surface area contributed by atoms with Crippen LogP contribution < -0.4 is 19.8 Å². The summed E-state index contributed by atoms with van der Waals surface area (Å²) >= 11 is 0.